The first kappa shape index (κ1) is 19.2. The van der Waals surface area contributed by atoms with Gasteiger partial charge in [0.05, 0.1) is 5.56 Å². The molecule has 1 aliphatic rings. The van der Waals surface area contributed by atoms with E-state index in [4.69, 9.17) is 23.2 Å². The van der Waals surface area contributed by atoms with Crippen molar-refractivity contribution in [2.24, 2.45) is 0 Å². The van der Waals surface area contributed by atoms with Gasteiger partial charge in [0.15, 0.2) is 5.13 Å². The third-order valence-electron chi connectivity index (χ3n) is 4.59. The van der Waals surface area contributed by atoms with Crippen LogP contribution in [-0.4, -0.2) is 29.0 Å². The summed E-state index contributed by atoms with van der Waals surface area (Å²) in [6, 6.07) is 9.03. The van der Waals surface area contributed by atoms with Gasteiger partial charge in [0.25, 0.3) is 5.91 Å². The zero-order valence-corrected chi connectivity index (χ0v) is 17.3. The van der Waals surface area contributed by atoms with Crippen molar-refractivity contribution in [2.45, 2.75) is 19.3 Å². The Bertz CT molecular complexity index is 1000. The topological polar surface area (TPSA) is 58.1 Å². The molecule has 28 heavy (non-hydrogen) atoms. The maximum absolute atomic E-state index is 12.8. The van der Waals surface area contributed by atoms with Gasteiger partial charge in [0.2, 0.25) is 0 Å². The monoisotopic (exact) mass is 432 g/mol. The Hall–Kier alpha value is -2.15. The summed E-state index contributed by atoms with van der Waals surface area (Å²) < 4.78 is 0. The number of carbonyl (C=O) groups is 1. The number of amides is 1. The van der Waals surface area contributed by atoms with E-state index < -0.39 is 0 Å². The van der Waals surface area contributed by atoms with E-state index >= 15 is 0 Å². The van der Waals surface area contributed by atoms with Crippen molar-refractivity contribution in [1.29, 1.82) is 0 Å². The molecule has 1 fully saturated rings. The molecule has 5 nitrogen and oxygen atoms in total. The molecule has 1 amide bonds. The highest BCUT2D eigenvalue weighted by atomic mass is 35.5. The highest BCUT2D eigenvalue weighted by Crippen LogP contribution is 2.28. The van der Waals surface area contributed by atoms with Gasteiger partial charge in [-0.2, -0.15) is 0 Å². The lowest BCUT2D eigenvalue weighted by atomic mass is 10.1. The van der Waals surface area contributed by atoms with Crippen molar-refractivity contribution < 1.29 is 4.79 Å². The van der Waals surface area contributed by atoms with Crippen molar-refractivity contribution in [1.82, 2.24) is 9.97 Å². The number of carbonyl (C=O) groups excluding carboxylic acids is 1. The van der Waals surface area contributed by atoms with Crippen LogP contribution in [0.4, 0.5) is 10.9 Å². The van der Waals surface area contributed by atoms with Crippen LogP contribution in [0.5, 0.6) is 0 Å². The van der Waals surface area contributed by atoms with Gasteiger partial charge in [-0.1, -0.05) is 29.3 Å². The second-order valence-corrected chi connectivity index (χ2v) is 8.53. The van der Waals surface area contributed by atoms with Gasteiger partial charge in [-0.05, 0) is 42.7 Å². The molecule has 0 bridgehead atoms. The summed E-state index contributed by atoms with van der Waals surface area (Å²) in [5, 5.41) is 4.69. The first-order chi connectivity index (χ1) is 13.6. The average molecular weight is 433 g/mol. The quantitative estimate of drug-likeness (QED) is 0.594. The van der Waals surface area contributed by atoms with E-state index in [1.807, 2.05) is 12.1 Å². The van der Waals surface area contributed by atoms with Crippen LogP contribution >= 0.6 is 34.5 Å². The molecule has 3 aromatic rings. The largest absolute Gasteiger partial charge is 0.356 e. The fourth-order valence-corrected chi connectivity index (χ4v) is 4.53. The Kier molecular flexibility index (Phi) is 5.80. The number of hydrogen-bond donors (Lipinski definition) is 1. The second kappa shape index (κ2) is 8.47. The number of rotatable bonds is 5. The van der Waals surface area contributed by atoms with Gasteiger partial charge in [0, 0.05) is 46.8 Å². The minimum atomic E-state index is -0.194. The SMILES string of the molecule is O=C(Nc1ncc(Cc2ccc(Cl)cc2Cl)s1)c1cccnc1N1CCCC1. The van der Waals surface area contributed by atoms with E-state index in [0.717, 1.165) is 42.2 Å². The summed E-state index contributed by atoms with van der Waals surface area (Å²) in [5.41, 5.74) is 1.54. The number of halogens is 2. The predicted molar refractivity (Wildman–Crippen MR) is 115 cm³/mol. The first-order valence-electron chi connectivity index (χ1n) is 9.00. The van der Waals surface area contributed by atoms with Gasteiger partial charge < -0.3 is 4.90 Å². The zero-order valence-electron chi connectivity index (χ0n) is 15.0. The van der Waals surface area contributed by atoms with Gasteiger partial charge in [-0.3, -0.25) is 10.1 Å². The van der Waals surface area contributed by atoms with Crippen molar-refractivity contribution >= 4 is 51.4 Å². The number of nitrogens with zero attached hydrogens (tertiary/aromatic N) is 3. The molecule has 0 radical (unpaired) electrons. The molecule has 0 unspecified atom stereocenters. The molecule has 8 heteroatoms. The molecule has 0 saturated carbocycles. The van der Waals surface area contributed by atoms with Gasteiger partial charge in [-0.25, -0.2) is 9.97 Å². The average Bonchev–Trinajstić information content (AvgIpc) is 3.36. The maximum Gasteiger partial charge on any atom is 0.261 e. The molecule has 1 aromatic carbocycles. The normalized spacial score (nSPS) is 13.7. The van der Waals surface area contributed by atoms with E-state index in [2.05, 4.69) is 20.2 Å². The number of thiazole rings is 1. The van der Waals surface area contributed by atoms with Gasteiger partial charge in [-0.15, -0.1) is 11.3 Å². The lowest BCUT2D eigenvalue weighted by Crippen LogP contribution is -2.24. The number of nitrogens with one attached hydrogen (secondary N) is 1. The number of aromatic nitrogens is 2. The minimum absolute atomic E-state index is 0.194. The number of benzene rings is 1. The van der Waals surface area contributed by atoms with E-state index in [9.17, 15) is 4.79 Å². The van der Waals surface area contributed by atoms with E-state index in [0.29, 0.717) is 27.2 Å². The fraction of sp³-hybridized carbons (Fsp3) is 0.250. The van der Waals surface area contributed by atoms with Crippen molar-refractivity contribution in [2.75, 3.05) is 23.3 Å². The lowest BCUT2D eigenvalue weighted by Gasteiger charge is -2.19. The van der Waals surface area contributed by atoms with Crippen LogP contribution in [0.1, 0.15) is 33.6 Å². The van der Waals surface area contributed by atoms with Crippen LogP contribution in [0.3, 0.4) is 0 Å². The van der Waals surface area contributed by atoms with E-state index in [-0.39, 0.29) is 5.91 Å². The Labute approximate surface area is 177 Å². The third kappa shape index (κ3) is 4.29. The Morgan fingerprint density at radius 1 is 1.18 bits per heavy atom. The van der Waals surface area contributed by atoms with E-state index in [1.54, 1.807) is 30.6 Å². The molecule has 1 saturated heterocycles. The van der Waals surface area contributed by atoms with Crippen molar-refractivity contribution in [3.8, 4) is 0 Å². The Balaban J connectivity index is 1.48. The summed E-state index contributed by atoms with van der Waals surface area (Å²) in [5.74, 6) is 0.544. The van der Waals surface area contributed by atoms with Gasteiger partial charge in [0.1, 0.15) is 5.82 Å². The smallest absolute Gasteiger partial charge is 0.261 e. The van der Waals surface area contributed by atoms with Crippen LogP contribution in [0.25, 0.3) is 0 Å². The number of hydrogen-bond acceptors (Lipinski definition) is 5. The highest BCUT2D eigenvalue weighted by Gasteiger charge is 2.21. The molecule has 144 valence electrons. The van der Waals surface area contributed by atoms with Crippen LogP contribution in [0, 0.1) is 0 Å². The van der Waals surface area contributed by atoms with Crippen molar-refractivity contribution in [3.05, 3.63) is 68.8 Å². The first-order valence-corrected chi connectivity index (χ1v) is 10.6. The molecule has 0 spiro atoms. The third-order valence-corrected chi connectivity index (χ3v) is 6.09. The summed E-state index contributed by atoms with van der Waals surface area (Å²) in [6.45, 7) is 1.86. The molecule has 2 aromatic heterocycles. The van der Waals surface area contributed by atoms with Crippen molar-refractivity contribution in [3.63, 3.8) is 0 Å². The van der Waals surface area contributed by atoms with Crippen LogP contribution < -0.4 is 10.2 Å². The molecule has 4 rings (SSSR count). The summed E-state index contributed by atoms with van der Waals surface area (Å²) >= 11 is 13.6. The maximum atomic E-state index is 12.8. The molecule has 0 aliphatic carbocycles. The molecule has 3 heterocycles. The number of pyridine rings is 1. The predicted octanol–water partition coefficient (Wildman–Crippen LogP) is 5.29. The molecule has 1 N–H and O–H groups in total. The molecule has 1 aliphatic heterocycles. The second-order valence-electron chi connectivity index (χ2n) is 6.57. The fourth-order valence-electron chi connectivity index (χ4n) is 3.22. The van der Waals surface area contributed by atoms with Crippen LogP contribution in [0.15, 0.2) is 42.7 Å². The summed E-state index contributed by atoms with van der Waals surface area (Å²) in [4.78, 5) is 24.7. The standard InChI is InChI=1S/C20H18Cl2N4OS/c21-14-6-5-13(17(22)11-14)10-15-12-24-20(28-15)25-19(27)16-4-3-7-23-18(16)26-8-1-2-9-26/h3-7,11-12H,1-2,8-10H2,(H,24,25,27). The van der Waals surface area contributed by atoms with Crippen LogP contribution in [-0.2, 0) is 6.42 Å². The lowest BCUT2D eigenvalue weighted by molar-refractivity contribution is 0.102. The minimum Gasteiger partial charge on any atom is -0.356 e. The molecular formula is C20H18Cl2N4OS. The Morgan fingerprint density at radius 3 is 2.79 bits per heavy atom. The number of anilines is 2. The highest BCUT2D eigenvalue weighted by molar-refractivity contribution is 7.15. The zero-order chi connectivity index (χ0) is 19.5. The Morgan fingerprint density at radius 2 is 2.00 bits per heavy atom. The van der Waals surface area contributed by atoms with Gasteiger partial charge >= 0.3 is 0 Å². The van der Waals surface area contributed by atoms with Crippen LogP contribution in [0.2, 0.25) is 10.0 Å². The summed E-state index contributed by atoms with van der Waals surface area (Å²) in [7, 11) is 0. The molecular weight excluding hydrogens is 415 g/mol. The molecule has 0 atom stereocenters. The van der Waals surface area contributed by atoms with E-state index in [1.165, 1.54) is 11.3 Å². The summed E-state index contributed by atoms with van der Waals surface area (Å²) in [6.07, 6.45) is 6.37.